The summed E-state index contributed by atoms with van der Waals surface area (Å²) in [7, 11) is -3.51. The molecule has 1 aromatic carbocycles. The van der Waals surface area contributed by atoms with Crippen LogP contribution in [-0.4, -0.2) is 15.0 Å². The lowest BCUT2D eigenvalue weighted by Gasteiger charge is -2.17. The van der Waals surface area contributed by atoms with E-state index in [9.17, 15) is 12.8 Å². The van der Waals surface area contributed by atoms with Gasteiger partial charge in [0.05, 0.1) is 4.90 Å². The van der Waals surface area contributed by atoms with E-state index in [-0.39, 0.29) is 10.3 Å². The highest BCUT2D eigenvalue weighted by Gasteiger charge is 2.14. The number of rotatable bonds is 5. The average molecular weight is 273 g/mol. The summed E-state index contributed by atoms with van der Waals surface area (Å²) in [6.45, 7) is 6.74. The van der Waals surface area contributed by atoms with E-state index in [1.807, 2.05) is 0 Å². The second kappa shape index (κ2) is 5.80. The van der Waals surface area contributed by atoms with Crippen molar-refractivity contribution in [1.82, 2.24) is 4.72 Å². The quantitative estimate of drug-likeness (QED) is 0.838. The monoisotopic (exact) mass is 273 g/mol. The molecule has 0 aliphatic heterocycles. The average Bonchev–Trinajstić information content (AvgIpc) is 2.24. The van der Waals surface area contributed by atoms with Crippen molar-refractivity contribution in [2.75, 3.05) is 6.54 Å². The number of halogens is 1. The number of sulfonamides is 1. The van der Waals surface area contributed by atoms with Crippen molar-refractivity contribution in [2.24, 2.45) is 5.41 Å². The molecule has 0 atom stereocenters. The van der Waals surface area contributed by atoms with Crippen molar-refractivity contribution in [3.05, 3.63) is 30.1 Å². The minimum absolute atomic E-state index is 0.0969. The Balaban J connectivity index is 2.53. The zero-order chi connectivity index (χ0) is 13.8. The van der Waals surface area contributed by atoms with Gasteiger partial charge in [0.15, 0.2) is 0 Å². The van der Waals surface area contributed by atoms with Crippen LogP contribution in [0.2, 0.25) is 0 Å². The second-order valence-corrected chi connectivity index (χ2v) is 7.28. The lowest BCUT2D eigenvalue weighted by Crippen LogP contribution is -2.25. The molecule has 0 saturated carbocycles. The van der Waals surface area contributed by atoms with Gasteiger partial charge in [0, 0.05) is 6.54 Å². The van der Waals surface area contributed by atoms with E-state index in [2.05, 4.69) is 25.5 Å². The first kappa shape index (κ1) is 15.1. The number of benzene rings is 1. The smallest absolute Gasteiger partial charge is 0.211 e. The summed E-state index contributed by atoms with van der Waals surface area (Å²) in [5, 5.41) is 0. The van der Waals surface area contributed by atoms with Crippen molar-refractivity contribution >= 4 is 10.0 Å². The van der Waals surface area contributed by atoms with Crippen molar-refractivity contribution in [3.63, 3.8) is 0 Å². The van der Waals surface area contributed by atoms with Crippen molar-refractivity contribution in [3.8, 4) is 0 Å². The number of hydrogen-bond acceptors (Lipinski definition) is 2. The zero-order valence-corrected chi connectivity index (χ0v) is 11.8. The van der Waals surface area contributed by atoms with Crippen molar-refractivity contribution in [2.45, 2.75) is 38.5 Å². The molecule has 0 aromatic heterocycles. The first-order valence-corrected chi connectivity index (χ1v) is 7.44. The maximum atomic E-state index is 12.7. The van der Waals surface area contributed by atoms with Gasteiger partial charge >= 0.3 is 0 Å². The molecule has 0 aliphatic rings. The molecule has 1 aromatic rings. The Hall–Kier alpha value is -0.940. The van der Waals surface area contributed by atoms with Gasteiger partial charge in [-0.05, 0) is 42.5 Å². The molecule has 0 heterocycles. The molecule has 5 heteroatoms. The number of nitrogens with one attached hydrogen (secondary N) is 1. The van der Waals surface area contributed by atoms with Crippen molar-refractivity contribution < 1.29 is 12.8 Å². The van der Waals surface area contributed by atoms with E-state index in [1.54, 1.807) is 0 Å². The van der Waals surface area contributed by atoms with Gasteiger partial charge in [-0.15, -0.1) is 0 Å². The second-order valence-electron chi connectivity index (χ2n) is 5.52. The molecular weight excluding hydrogens is 253 g/mol. The number of hydrogen-bond donors (Lipinski definition) is 1. The molecule has 0 aliphatic carbocycles. The predicted octanol–water partition coefficient (Wildman–Crippen LogP) is 2.93. The topological polar surface area (TPSA) is 46.2 Å². The van der Waals surface area contributed by atoms with Gasteiger partial charge in [0.1, 0.15) is 5.82 Å². The SMILES string of the molecule is CC(C)(C)CCCNS(=O)(=O)c1ccc(F)cc1. The molecular formula is C13H20FNO2S. The van der Waals surface area contributed by atoms with Crippen LogP contribution in [-0.2, 0) is 10.0 Å². The van der Waals surface area contributed by atoms with Gasteiger partial charge in [-0.3, -0.25) is 0 Å². The molecule has 3 nitrogen and oxygen atoms in total. The summed E-state index contributed by atoms with van der Waals surface area (Å²) >= 11 is 0. The predicted molar refractivity (Wildman–Crippen MR) is 70.3 cm³/mol. The van der Waals surface area contributed by atoms with E-state index in [0.717, 1.165) is 25.0 Å². The third kappa shape index (κ3) is 5.14. The molecule has 0 spiro atoms. The molecule has 1 rings (SSSR count). The minimum Gasteiger partial charge on any atom is -0.211 e. The van der Waals surface area contributed by atoms with Crippen LogP contribution in [0, 0.1) is 11.2 Å². The summed E-state index contributed by atoms with van der Waals surface area (Å²) in [5.74, 6) is -0.443. The van der Waals surface area contributed by atoms with Gasteiger partial charge in [-0.1, -0.05) is 20.8 Å². The lowest BCUT2D eigenvalue weighted by molar-refractivity contribution is 0.365. The fourth-order valence-corrected chi connectivity index (χ4v) is 2.60. The Labute approximate surface area is 108 Å². The molecule has 102 valence electrons. The van der Waals surface area contributed by atoms with E-state index < -0.39 is 15.8 Å². The van der Waals surface area contributed by atoms with E-state index >= 15 is 0 Å². The highest BCUT2D eigenvalue weighted by Crippen LogP contribution is 2.20. The van der Waals surface area contributed by atoms with Crippen LogP contribution in [0.1, 0.15) is 33.6 Å². The van der Waals surface area contributed by atoms with Gasteiger partial charge in [0.25, 0.3) is 0 Å². The Morgan fingerprint density at radius 2 is 1.72 bits per heavy atom. The largest absolute Gasteiger partial charge is 0.240 e. The van der Waals surface area contributed by atoms with Crippen LogP contribution in [0.25, 0.3) is 0 Å². The zero-order valence-electron chi connectivity index (χ0n) is 11.0. The van der Waals surface area contributed by atoms with Crippen LogP contribution >= 0.6 is 0 Å². The molecule has 0 amide bonds. The first-order chi connectivity index (χ1) is 8.21. The summed E-state index contributed by atoms with van der Waals surface area (Å²) in [6.07, 6.45) is 1.73. The van der Waals surface area contributed by atoms with E-state index in [4.69, 9.17) is 0 Å². The molecule has 1 N–H and O–H groups in total. The molecule has 18 heavy (non-hydrogen) atoms. The van der Waals surface area contributed by atoms with Gasteiger partial charge < -0.3 is 0 Å². The van der Waals surface area contributed by atoms with Gasteiger partial charge in [-0.2, -0.15) is 0 Å². The van der Waals surface area contributed by atoms with Crippen LogP contribution in [0.4, 0.5) is 4.39 Å². The summed E-state index contributed by atoms with van der Waals surface area (Å²) in [5.41, 5.74) is 0.196. The lowest BCUT2D eigenvalue weighted by atomic mass is 9.91. The fraction of sp³-hybridized carbons (Fsp3) is 0.538. The van der Waals surface area contributed by atoms with Crippen LogP contribution in [0.5, 0.6) is 0 Å². The first-order valence-electron chi connectivity index (χ1n) is 5.96. The highest BCUT2D eigenvalue weighted by atomic mass is 32.2. The molecule has 0 fully saturated rings. The van der Waals surface area contributed by atoms with Crippen molar-refractivity contribution in [1.29, 1.82) is 0 Å². The molecule has 0 bridgehead atoms. The van der Waals surface area contributed by atoms with Crippen LogP contribution in [0.15, 0.2) is 29.2 Å². The normalized spacial score (nSPS) is 12.7. The Morgan fingerprint density at radius 3 is 2.22 bits per heavy atom. The van der Waals surface area contributed by atoms with E-state index in [0.29, 0.717) is 6.54 Å². The van der Waals surface area contributed by atoms with Gasteiger partial charge in [0.2, 0.25) is 10.0 Å². The maximum Gasteiger partial charge on any atom is 0.240 e. The molecule has 0 radical (unpaired) electrons. The Kier molecular flexibility index (Phi) is 4.87. The minimum atomic E-state index is -3.51. The summed E-state index contributed by atoms with van der Waals surface area (Å²) < 4.78 is 38.9. The molecule has 0 saturated heterocycles. The molecule has 0 unspecified atom stereocenters. The standard InChI is InChI=1S/C13H20FNO2S/c1-13(2,3)9-4-10-15-18(16,17)12-7-5-11(14)6-8-12/h5-8,15H,4,9-10H2,1-3H3. The summed E-state index contributed by atoms with van der Waals surface area (Å²) in [6, 6.07) is 4.82. The highest BCUT2D eigenvalue weighted by molar-refractivity contribution is 7.89. The summed E-state index contributed by atoms with van der Waals surface area (Å²) in [4.78, 5) is 0.0969. The van der Waals surface area contributed by atoms with E-state index in [1.165, 1.54) is 12.1 Å². The van der Waals surface area contributed by atoms with Gasteiger partial charge in [-0.25, -0.2) is 17.5 Å². The third-order valence-electron chi connectivity index (χ3n) is 2.52. The Morgan fingerprint density at radius 1 is 1.17 bits per heavy atom. The maximum absolute atomic E-state index is 12.7. The third-order valence-corrected chi connectivity index (χ3v) is 4.00. The Bertz CT molecular complexity index is 475. The van der Waals surface area contributed by atoms with Crippen LogP contribution < -0.4 is 4.72 Å². The fourth-order valence-electron chi connectivity index (χ4n) is 1.52. The van der Waals surface area contributed by atoms with Crippen LogP contribution in [0.3, 0.4) is 0 Å².